The van der Waals surface area contributed by atoms with Crippen LogP contribution in [0.1, 0.15) is 34.2 Å². The molecule has 2 aliphatic heterocycles. The number of aromatic nitrogens is 1. The van der Waals surface area contributed by atoms with E-state index in [1.807, 2.05) is 59.0 Å². The van der Waals surface area contributed by atoms with E-state index in [0.717, 1.165) is 60.5 Å². The number of anilines is 2. The van der Waals surface area contributed by atoms with Crippen molar-refractivity contribution in [1.82, 2.24) is 14.4 Å². The van der Waals surface area contributed by atoms with Gasteiger partial charge in [0, 0.05) is 71.1 Å². The van der Waals surface area contributed by atoms with Gasteiger partial charge in [0.1, 0.15) is 11.8 Å². The standard InChI is InChI=1S/C30H35ClN6O/c1-22-20-36(27-10-6-4-8-24(27)19-32)16-17-37(22)30(38)29-18-25(23(2)33(29)3)21-34-12-14-35(15-13-34)28-11-7-5-9-26(28)31/h4-11,18,22H,12-17,20-21H2,1-3H3/t22-/m0/s1. The second kappa shape index (κ2) is 11.1. The molecule has 0 bridgehead atoms. The maximum atomic E-state index is 13.7. The minimum absolute atomic E-state index is 0.0412. The lowest BCUT2D eigenvalue weighted by Crippen LogP contribution is -2.54. The summed E-state index contributed by atoms with van der Waals surface area (Å²) < 4.78 is 2.04. The number of amides is 1. The van der Waals surface area contributed by atoms with Gasteiger partial charge in [-0.25, -0.2) is 0 Å². The lowest BCUT2D eigenvalue weighted by molar-refractivity contribution is 0.0664. The van der Waals surface area contributed by atoms with Crippen LogP contribution in [0.3, 0.4) is 0 Å². The fraction of sp³-hybridized carbons (Fsp3) is 0.400. The molecule has 2 fully saturated rings. The fourth-order valence-electron chi connectivity index (χ4n) is 5.69. The minimum atomic E-state index is 0.0412. The quantitative estimate of drug-likeness (QED) is 0.485. The van der Waals surface area contributed by atoms with Gasteiger partial charge in [0.25, 0.3) is 5.91 Å². The second-order valence-corrected chi connectivity index (χ2v) is 10.7. The summed E-state index contributed by atoms with van der Waals surface area (Å²) in [5, 5.41) is 10.3. The number of nitrogens with zero attached hydrogens (tertiary/aromatic N) is 6. The van der Waals surface area contributed by atoms with Gasteiger partial charge in [-0.15, -0.1) is 0 Å². The monoisotopic (exact) mass is 530 g/mol. The molecule has 38 heavy (non-hydrogen) atoms. The first kappa shape index (κ1) is 26.1. The maximum absolute atomic E-state index is 13.7. The molecule has 3 heterocycles. The number of nitriles is 1. The van der Waals surface area contributed by atoms with Crippen LogP contribution in [0.25, 0.3) is 0 Å². The van der Waals surface area contributed by atoms with Crippen molar-refractivity contribution in [3.8, 4) is 6.07 Å². The molecular formula is C30H35ClN6O. The second-order valence-electron chi connectivity index (χ2n) is 10.3. The molecule has 0 saturated carbocycles. The zero-order valence-electron chi connectivity index (χ0n) is 22.4. The highest BCUT2D eigenvalue weighted by molar-refractivity contribution is 6.33. The van der Waals surface area contributed by atoms with Crippen LogP contribution < -0.4 is 9.80 Å². The third kappa shape index (κ3) is 5.11. The molecule has 2 aromatic carbocycles. The predicted molar refractivity (Wildman–Crippen MR) is 153 cm³/mol. The molecule has 0 unspecified atom stereocenters. The average molecular weight is 531 g/mol. The van der Waals surface area contributed by atoms with E-state index in [0.29, 0.717) is 25.2 Å². The van der Waals surface area contributed by atoms with Crippen LogP contribution in [0.4, 0.5) is 11.4 Å². The van der Waals surface area contributed by atoms with E-state index in [1.165, 1.54) is 5.56 Å². The van der Waals surface area contributed by atoms with E-state index < -0.39 is 0 Å². The first-order valence-electron chi connectivity index (χ1n) is 13.3. The number of halogens is 1. The van der Waals surface area contributed by atoms with Crippen molar-refractivity contribution in [2.75, 3.05) is 55.6 Å². The number of carbonyl (C=O) groups excluding carboxylic acids is 1. The molecule has 0 N–H and O–H groups in total. The number of hydrogen-bond acceptors (Lipinski definition) is 5. The van der Waals surface area contributed by atoms with Crippen molar-refractivity contribution in [2.24, 2.45) is 7.05 Å². The Morgan fingerprint density at radius 3 is 2.32 bits per heavy atom. The van der Waals surface area contributed by atoms with Crippen molar-refractivity contribution in [2.45, 2.75) is 26.4 Å². The van der Waals surface area contributed by atoms with Crippen molar-refractivity contribution < 1.29 is 4.79 Å². The van der Waals surface area contributed by atoms with Gasteiger partial charge >= 0.3 is 0 Å². The Morgan fingerprint density at radius 2 is 1.63 bits per heavy atom. The Balaban J connectivity index is 1.23. The Kier molecular flexibility index (Phi) is 7.64. The molecule has 198 valence electrons. The molecule has 7 nitrogen and oxygen atoms in total. The highest BCUT2D eigenvalue weighted by atomic mass is 35.5. The van der Waals surface area contributed by atoms with Gasteiger partial charge < -0.3 is 19.3 Å². The van der Waals surface area contributed by atoms with E-state index >= 15 is 0 Å². The third-order valence-corrected chi connectivity index (χ3v) is 8.39. The normalized spacial score (nSPS) is 18.5. The largest absolute Gasteiger partial charge is 0.368 e. The third-order valence-electron chi connectivity index (χ3n) is 8.07. The molecule has 0 radical (unpaired) electrons. The van der Waals surface area contributed by atoms with Gasteiger partial charge in [-0.1, -0.05) is 35.9 Å². The molecule has 3 aromatic rings. The van der Waals surface area contributed by atoms with Crippen LogP contribution in [0, 0.1) is 18.3 Å². The first-order valence-corrected chi connectivity index (χ1v) is 13.7. The van der Waals surface area contributed by atoms with Crippen molar-refractivity contribution in [1.29, 1.82) is 5.26 Å². The fourth-order valence-corrected chi connectivity index (χ4v) is 5.95. The molecular weight excluding hydrogens is 496 g/mol. The number of hydrogen-bond donors (Lipinski definition) is 0. The molecule has 8 heteroatoms. The summed E-state index contributed by atoms with van der Waals surface area (Å²) in [6.45, 7) is 10.8. The molecule has 0 aliphatic carbocycles. The minimum Gasteiger partial charge on any atom is -0.368 e. The zero-order valence-corrected chi connectivity index (χ0v) is 23.2. The van der Waals surface area contributed by atoms with Gasteiger partial charge in [0.2, 0.25) is 0 Å². The highest BCUT2D eigenvalue weighted by Crippen LogP contribution is 2.28. The predicted octanol–water partition coefficient (Wildman–Crippen LogP) is 4.53. The van der Waals surface area contributed by atoms with Crippen molar-refractivity contribution >= 4 is 28.9 Å². The van der Waals surface area contributed by atoms with Crippen LogP contribution in [0.2, 0.25) is 5.02 Å². The summed E-state index contributed by atoms with van der Waals surface area (Å²) >= 11 is 6.41. The summed E-state index contributed by atoms with van der Waals surface area (Å²) in [5.41, 5.74) is 5.80. The SMILES string of the molecule is Cc1c(CN2CCN(c3ccccc3Cl)CC2)cc(C(=O)N2CCN(c3ccccc3C#N)C[C@@H]2C)n1C. The van der Waals surface area contributed by atoms with Crippen molar-refractivity contribution in [3.05, 3.63) is 82.1 Å². The molecule has 1 aromatic heterocycles. The topological polar surface area (TPSA) is 58.8 Å². The van der Waals surface area contributed by atoms with Gasteiger partial charge in [0.05, 0.1) is 22.0 Å². The number of benzene rings is 2. The number of rotatable bonds is 5. The molecule has 2 aliphatic rings. The molecule has 5 rings (SSSR count). The molecule has 1 atom stereocenters. The smallest absolute Gasteiger partial charge is 0.270 e. The van der Waals surface area contributed by atoms with Crippen LogP contribution in [0.15, 0.2) is 54.6 Å². The van der Waals surface area contributed by atoms with Crippen LogP contribution in [-0.4, -0.2) is 72.1 Å². The number of para-hydroxylation sites is 2. The van der Waals surface area contributed by atoms with E-state index in [1.54, 1.807) is 0 Å². The zero-order chi connectivity index (χ0) is 26.8. The average Bonchev–Trinajstić information content (AvgIpc) is 3.22. The first-order chi connectivity index (χ1) is 18.4. The summed E-state index contributed by atoms with van der Waals surface area (Å²) in [5.74, 6) is 0.0751. The number of piperazine rings is 2. The van der Waals surface area contributed by atoms with Gasteiger partial charge in [0.15, 0.2) is 0 Å². The Hall–Kier alpha value is -3.47. The maximum Gasteiger partial charge on any atom is 0.270 e. The summed E-state index contributed by atoms with van der Waals surface area (Å²) in [4.78, 5) is 22.7. The Labute approximate surface area is 230 Å². The van der Waals surface area contributed by atoms with Crippen LogP contribution in [-0.2, 0) is 13.6 Å². The van der Waals surface area contributed by atoms with Crippen LogP contribution in [0.5, 0.6) is 0 Å². The van der Waals surface area contributed by atoms with Gasteiger partial charge in [-0.05, 0) is 49.7 Å². The van der Waals surface area contributed by atoms with E-state index in [-0.39, 0.29) is 11.9 Å². The van der Waals surface area contributed by atoms with E-state index in [9.17, 15) is 10.1 Å². The lowest BCUT2D eigenvalue weighted by Gasteiger charge is -2.41. The summed E-state index contributed by atoms with van der Waals surface area (Å²) in [7, 11) is 1.99. The van der Waals surface area contributed by atoms with E-state index in [4.69, 9.17) is 11.6 Å². The number of carbonyl (C=O) groups is 1. The van der Waals surface area contributed by atoms with Crippen LogP contribution >= 0.6 is 11.6 Å². The Bertz CT molecular complexity index is 1350. The van der Waals surface area contributed by atoms with Crippen molar-refractivity contribution in [3.63, 3.8) is 0 Å². The van der Waals surface area contributed by atoms with Gasteiger partial charge in [-0.3, -0.25) is 9.69 Å². The highest BCUT2D eigenvalue weighted by Gasteiger charge is 2.31. The lowest BCUT2D eigenvalue weighted by atomic mass is 10.1. The molecule has 0 spiro atoms. The Morgan fingerprint density at radius 1 is 0.974 bits per heavy atom. The summed E-state index contributed by atoms with van der Waals surface area (Å²) in [6, 6.07) is 20.1. The van der Waals surface area contributed by atoms with Gasteiger partial charge in [-0.2, -0.15) is 5.26 Å². The molecule has 2 saturated heterocycles. The molecule has 1 amide bonds. The summed E-state index contributed by atoms with van der Waals surface area (Å²) in [6.07, 6.45) is 0. The van der Waals surface area contributed by atoms with E-state index in [2.05, 4.69) is 46.7 Å².